The van der Waals surface area contributed by atoms with Gasteiger partial charge in [-0.05, 0) is 36.4 Å². The van der Waals surface area contributed by atoms with E-state index in [-0.39, 0.29) is 5.91 Å². The highest BCUT2D eigenvalue weighted by Gasteiger charge is 2.13. The molecule has 1 heterocycles. The van der Waals surface area contributed by atoms with Gasteiger partial charge in [0.25, 0.3) is 5.91 Å². The third-order valence-electron chi connectivity index (χ3n) is 3.39. The number of carbonyl (C=O) groups excluding carboxylic acids is 1. The van der Waals surface area contributed by atoms with Gasteiger partial charge in [-0.15, -0.1) is 0 Å². The summed E-state index contributed by atoms with van der Waals surface area (Å²) in [7, 11) is 1.95. The number of hydrogen-bond acceptors (Lipinski definition) is 1. The molecule has 2 aromatic carbocycles. The van der Waals surface area contributed by atoms with E-state index in [9.17, 15) is 4.79 Å². The Labute approximate surface area is 142 Å². The number of amides is 1. The molecule has 0 spiro atoms. The van der Waals surface area contributed by atoms with Crippen LogP contribution >= 0.6 is 34.8 Å². The number of aromatic nitrogens is 1. The summed E-state index contributed by atoms with van der Waals surface area (Å²) < 4.78 is 1.99. The molecule has 3 aromatic rings. The molecule has 0 saturated heterocycles. The summed E-state index contributed by atoms with van der Waals surface area (Å²) >= 11 is 18.0. The van der Waals surface area contributed by atoms with Crippen LogP contribution in [0.2, 0.25) is 15.1 Å². The first kappa shape index (κ1) is 15.2. The third kappa shape index (κ3) is 2.80. The zero-order valence-corrected chi connectivity index (χ0v) is 13.8. The van der Waals surface area contributed by atoms with Crippen LogP contribution in [-0.2, 0) is 7.05 Å². The molecule has 1 aromatic heterocycles. The summed E-state index contributed by atoms with van der Waals surface area (Å²) in [6, 6.07) is 10.5. The summed E-state index contributed by atoms with van der Waals surface area (Å²) in [4.78, 5) is 12.4. The summed E-state index contributed by atoms with van der Waals surface area (Å²) in [6.45, 7) is 0. The minimum atomic E-state index is -0.281. The molecule has 6 heteroatoms. The molecule has 0 unspecified atom stereocenters. The van der Waals surface area contributed by atoms with E-state index in [0.717, 1.165) is 10.9 Å². The van der Waals surface area contributed by atoms with Crippen molar-refractivity contribution >= 4 is 57.3 Å². The third-order valence-corrected chi connectivity index (χ3v) is 4.21. The van der Waals surface area contributed by atoms with Gasteiger partial charge in [0.2, 0.25) is 0 Å². The molecule has 0 bridgehead atoms. The average Bonchev–Trinajstić information content (AvgIpc) is 2.83. The summed E-state index contributed by atoms with van der Waals surface area (Å²) in [5, 5.41) is 4.73. The molecule has 0 saturated carbocycles. The van der Waals surface area contributed by atoms with Gasteiger partial charge < -0.3 is 9.88 Å². The zero-order valence-electron chi connectivity index (χ0n) is 11.5. The van der Waals surface area contributed by atoms with E-state index in [1.807, 2.05) is 36.0 Å². The first-order valence-corrected chi connectivity index (χ1v) is 7.60. The maximum absolute atomic E-state index is 12.4. The van der Waals surface area contributed by atoms with Crippen molar-refractivity contribution in [3.8, 4) is 0 Å². The number of hydrogen-bond donors (Lipinski definition) is 1. The van der Waals surface area contributed by atoms with Crippen LogP contribution in [-0.4, -0.2) is 10.5 Å². The number of nitrogens with one attached hydrogen (secondary N) is 1. The van der Waals surface area contributed by atoms with E-state index < -0.39 is 0 Å². The molecular weight excluding hydrogens is 343 g/mol. The molecule has 112 valence electrons. The normalized spacial score (nSPS) is 10.9. The summed E-state index contributed by atoms with van der Waals surface area (Å²) in [5.41, 5.74) is 1.94. The van der Waals surface area contributed by atoms with Crippen molar-refractivity contribution in [1.82, 2.24) is 4.57 Å². The zero-order chi connectivity index (χ0) is 15.9. The first-order chi connectivity index (χ1) is 10.5. The standard InChI is InChI=1S/C16H11Cl3N2O/c1-21-5-4-9-6-10(2-3-14(9)21)16(22)20-15-12(18)7-11(17)8-13(15)19/h2-8H,1H3,(H,20,22). The van der Waals surface area contributed by atoms with Crippen molar-refractivity contribution in [3.05, 3.63) is 63.2 Å². The fraction of sp³-hybridized carbons (Fsp3) is 0.0625. The molecule has 0 fully saturated rings. The van der Waals surface area contributed by atoms with Crippen molar-refractivity contribution in [2.45, 2.75) is 0 Å². The van der Waals surface area contributed by atoms with Gasteiger partial charge in [0.15, 0.2) is 0 Å². The van der Waals surface area contributed by atoms with Gasteiger partial charge in [0.1, 0.15) is 0 Å². The van der Waals surface area contributed by atoms with E-state index in [0.29, 0.717) is 26.3 Å². The van der Waals surface area contributed by atoms with Crippen LogP contribution in [0.4, 0.5) is 5.69 Å². The maximum Gasteiger partial charge on any atom is 0.255 e. The van der Waals surface area contributed by atoms with Gasteiger partial charge in [0.05, 0.1) is 15.7 Å². The van der Waals surface area contributed by atoms with Crippen molar-refractivity contribution in [2.24, 2.45) is 7.05 Å². The Bertz CT molecular complexity index is 863. The Morgan fingerprint density at radius 1 is 1.05 bits per heavy atom. The second-order valence-electron chi connectivity index (χ2n) is 4.90. The van der Waals surface area contributed by atoms with Gasteiger partial charge in [-0.1, -0.05) is 34.8 Å². The van der Waals surface area contributed by atoms with Crippen LogP contribution in [0, 0.1) is 0 Å². The van der Waals surface area contributed by atoms with Gasteiger partial charge in [0, 0.05) is 34.7 Å². The van der Waals surface area contributed by atoms with Crippen LogP contribution in [0.25, 0.3) is 10.9 Å². The molecule has 0 aliphatic carbocycles. The molecule has 3 rings (SSSR count). The van der Waals surface area contributed by atoms with Crippen molar-refractivity contribution in [1.29, 1.82) is 0 Å². The van der Waals surface area contributed by atoms with Crippen LogP contribution < -0.4 is 5.32 Å². The maximum atomic E-state index is 12.4. The predicted octanol–water partition coefficient (Wildman–Crippen LogP) is 5.39. The number of aryl methyl sites for hydroxylation is 1. The Balaban J connectivity index is 1.93. The number of halogens is 3. The highest BCUT2D eigenvalue weighted by Crippen LogP contribution is 2.34. The van der Waals surface area contributed by atoms with Crippen molar-refractivity contribution in [2.75, 3.05) is 5.32 Å². The lowest BCUT2D eigenvalue weighted by atomic mass is 10.1. The van der Waals surface area contributed by atoms with Gasteiger partial charge in [-0.3, -0.25) is 4.79 Å². The lowest BCUT2D eigenvalue weighted by Crippen LogP contribution is -2.12. The number of benzene rings is 2. The monoisotopic (exact) mass is 352 g/mol. The Hall–Kier alpha value is -1.68. The fourth-order valence-corrected chi connectivity index (χ4v) is 3.18. The topological polar surface area (TPSA) is 34.0 Å². The van der Waals surface area contributed by atoms with E-state index in [1.54, 1.807) is 6.07 Å². The van der Waals surface area contributed by atoms with Gasteiger partial charge >= 0.3 is 0 Å². The van der Waals surface area contributed by atoms with Crippen LogP contribution in [0.3, 0.4) is 0 Å². The minimum absolute atomic E-state index is 0.281. The van der Waals surface area contributed by atoms with Crippen molar-refractivity contribution < 1.29 is 4.79 Å². The molecule has 22 heavy (non-hydrogen) atoms. The van der Waals surface area contributed by atoms with E-state index in [1.165, 1.54) is 12.1 Å². The molecule has 1 amide bonds. The smallest absolute Gasteiger partial charge is 0.255 e. The summed E-state index contributed by atoms with van der Waals surface area (Å²) in [6.07, 6.45) is 1.94. The van der Waals surface area contributed by atoms with Gasteiger partial charge in [-0.25, -0.2) is 0 Å². The largest absolute Gasteiger partial charge is 0.351 e. The molecule has 0 radical (unpaired) electrons. The second kappa shape index (κ2) is 5.84. The molecule has 0 atom stereocenters. The SMILES string of the molecule is Cn1ccc2cc(C(=O)Nc3c(Cl)cc(Cl)cc3Cl)ccc21. The van der Waals surface area contributed by atoms with E-state index in [4.69, 9.17) is 34.8 Å². The average molecular weight is 354 g/mol. The molecule has 3 nitrogen and oxygen atoms in total. The second-order valence-corrected chi connectivity index (χ2v) is 6.15. The number of carbonyl (C=O) groups is 1. The number of rotatable bonds is 2. The lowest BCUT2D eigenvalue weighted by Gasteiger charge is -2.10. The highest BCUT2D eigenvalue weighted by atomic mass is 35.5. The van der Waals surface area contributed by atoms with Crippen LogP contribution in [0.1, 0.15) is 10.4 Å². The quantitative estimate of drug-likeness (QED) is 0.658. The van der Waals surface area contributed by atoms with E-state index >= 15 is 0 Å². The fourth-order valence-electron chi connectivity index (χ4n) is 2.27. The van der Waals surface area contributed by atoms with Gasteiger partial charge in [-0.2, -0.15) is 0 Å². The molecule has 1 N–H and O–H groups in total. The molecular formula is C16H11Cl3N2O. The Morgan fingerprint density at radius 2 is 1.73 bits per heavy atom. The number of anilines is 1. The predicted molar refractivity (Wildman–Crippen MR) is 92.3 cm³/mol. The first-order valence-electron chi connectivity index (χ1n) is 6.46. The van der Waals surface area contributed by atoms with Crippen molar-refractivity contribution in [3.63, 3.8) is 0 Å². The molecule has 0 aliphatic rings. The Morgan fingerprint density at radius 3 is 2.41 bits per heavy atom. The number of fused-ring (bicyclic) bond motifs is 1. The minimum Gasteiger partial charge on any atom is -0.351 e. The Kier molecular flexibility index (Phi) is 4.04. The molecule has 0 aliphatic heterocycles. The van der Waals surface area contributed by atoms with Crippen LogP contribution in [0.15, 0.2) is 42.6 Å². The number of nitrogens with zero attached hydrogens (tertiary/aromatic N) is 1. The highest BCUT2D eigenvalue weighted by molar-refractivity contribution is 6.42. The summed E-state index contributed by atoms with van der Waals surface area (Å²) in [5.74, 6) is -0.281. The van der Waals surface area contributed by atoms with E-state index in [2.05, 4.69) is 5.32 Å². The van der Waals surface area contributed by atoms with Crippen LogP contribution in [0.5, 0.6) is 0 Å². The lowest BCUT2D eigenvalue weighted by molar-refractivity contribution is 0.102.